The molecule has 1 aliphatic heterocycles. The minimum absolute atomic E-state index is 0.125. The van der Waals surface area contributed by atoms with E-state index in [0.29, 0.717) is 24.6 Å². The predicted octanol–water partition coefficient (Wildman–Crippen LogP) is 2.89. The molecule has 4 rings (SSSR count). The standard InChI is InChI=1S/C20H23N3O4S/c1-14-15(2)22-27-20(14)18-7-8-19(26-18)28(24,25)21-10-12-23-11-9-16-5-3-4-6-17(16)13-23/h3-8,21H,9-13H2,1-2H3. The number of hydrogen-bond acceptors (Lipinski definition) is 6. The average Bonchev–Trinajstić information content (AvgIpc) is 3.30. The summed E-state index contributed by atoms with van der Waals surface area (Å²) in [6.45, 7) is 6.40. The van der Waals surface area contributed by atoms with Crippen LogP contribution >= 0.6 is 0 Å². The van der Waals surface area contributed by atoms with Crippen molar-refractivity contribution in [3.05, 3.63) is 58.8 Å². The van der Waals surface area contributed by atoms with Crippen molar-refractivity contribution in [1.82, 2.24) is 14.8 Å². The third kappa shape index (κ3) is 3.76. The Kier molecular flexibility index (Phi) is 5.09. The molecule has 1 N–H and O–H groups in total. The van der Waals surface area contributed by atoms with Crippen molar-refractivity contribution in [2.75, 3.05) is 19.6 Å². The molecule has 0 aliphatic carbocycles. The summed E-state index contributed by atoms with van der Waals surface area (Å²) >= 11 is 0. The molecular weight excluding hydrogens is 378 g/mol. The fraction of sp³-hybridized carbons (Fsp3) is 0.350. The van der Waals surface area contributed by atoms with E-state index in [4.69, 9.17) is 8.94 Å². The van der Waals surface area contributed by atoms with E-state index in [2.05, 4.69) is 33.0 Å². The molecule has 0 unspecified atom stereocenters. The van der Waals surface area contributed by atoms with Crippen LogP contribution in [0.3, 0.4) is 0 Å². The Morgan fingerprint density at radius 2 is 1.93 bits per heavy atom. The Bertz CT molecular complexity index is 1080. The van der Waals surface area contributed by atoms with Gasteiger partial charge in [0.2, 0.25) is 10.9 Å². The number of nitrogens with zero attached hydrogens (tertiary/aromatic N) is 2. The molecule has 3 aromatic rings. The summed E-state index contributed by atoms with van der Waals surface area (Å²) in [6.07, 6.45) is 0.987. The fourth-order valence-electron chi connectivity index (χ4n) is 3.39. The predicted molar refractivity (Wildman–Crippen MR) is 104 cm³/mol. The molecule has 148 valence electrons. The summed E-state index contributed by atoms with van der Waals surface area (Å²) in [5, 5.41) is 3.75. The third-order valence-electron chi connectivity index (χ3n) is 5.16. The molecule has 0 radical (unpaired) electrons. The summed E-state index contributed by atoms with van der Waals surface area (Å²) in [5.41, 5.74) is 4.26. The minimum atomic E-state index is -3.72. The maximum Gasteiger partial charge on any atom is 0.274 e. The van der Waals surface area contributed by atoms with Crippen LogP contribution in [0.2, 0.25) is 0 Å². The summed E-state index contributed by atoms with van der Waals surface area (Å²) in [6, 6.07) is 11.4. The summed E-state index contributed by atoms with van der Waals surface area (Å²) < 4.78 is 38.4. The molecule has 0 saturated carbocycles. The van der Waals surface area contributed by atoms with Gasteiger partial charge in [0.25, 0.3) is 10.0 Å². The quantitative estimate of drug-likeness (QED) is 0.683. The monoisotopic (exact) mass is 401 g/mol. The number of rotatable bonds is 6. The van der Waals surface area contributed by atoms with Crippen LogP contribution in [0, 0.1) is 13.8 Å². The Morgan fingerprint density at radius 3 is 2.68 bits per heavy atom. The summed E-state index contributed by atoms with van der Waals surface area (Å²) in [5.74, 6) is 0.803. The zero-order valence-electron chi connectivity index (χ0n) is 15.9. The number of sulfonamides is 1. The number of nitrogens with one attached hydrogen (secondary N) is 1. The molecule has 28 heavy (non-hydrogen) atoms. The van der Waals surface area contributed by atoms with Gasteiger partial charge in [-0.25, -0.2) is 13.1 Å². The lowest BCUT2D eigenvalue weighted by Crippen LogP contribution is -2.37. The van der Waals surface area contributed by atoms with E-state index in [-0.39, 0.29) is 5.09 Å². The van der Waals surface area contributed by atoms with Crippen LogP contribution in [0.4, 0.5) is 0 Å². The maximum absolute atomic E-state index is 12.5. The van der Waals surface area contributed by atoms with Crippen molar-refractivity contribution in [1.29, 1.82) is 0 Å². The van der Waals surface area contributed by atoms with Gasteiger partial charge in [0.1, 0.15) is 0 Å². The zero-order valence-corrected chi connectivity index (χ0v) is 16.8. The largest absolute Gasteiger partial charge is 0.440 e. The van der Waals surface area contributed by atoms with Crippen molar-refractivity contribution in [2.45, 2.75) is 31.9 Å². The van der Waals surface area contributed by atoms with Crippen LogP contribution in [0.5, 0.6) is 0 Å². The zero-order chi connectivity index (χ0) is 19.7. The SMILES string of the molecule is Cc1noc(-c2ccc(S(=O)(=O)NCCN3CCc4ccccc4C3)o2)c1C. The van der Waals surface area contributed by atoms with Gasteiger partial charge in [-0.1, -0.05) is 29.4 Å². The van der Waals surface area contributed by atoms with E-state index in [0.717, 1.165) is 30.8 Å². The second kappa shape index (κ2) is 7.54. The van der Waals surface area contributed by atoms with Gasteiger partial charge in [-0.2, -0.15) is 0 Å². The fourth-order valence-corrected chi connectivity index (χ4v) is 4.33. The Morgan fingerprint density at radius 1 is 1.14 bits per heavy atom. The first kappa shape index (κ1) is 18.9. The minimum Gasteiger partial charge on any atom is -0.440 e. The number of aromatic nitrogens is 1. The normalized spacial score (nSPS) is 14.9. The highest BCUT2D eigenvalue weighted by molar-refractivity contribution is 7.89. The smallest absolute Gasteiger partial charge is 0.274 e. The molecule has 0 atom stereocenters. The highest BCUT2D eigenvalue weighted by atomic mass is 32.2. The van der Waals surface area contributed by atoms with Gasteiger partial charge in [0.15, 0.2) is 5.76 Å². The number of furan rings is 1. The Balaban J connectivity index is 1.37. The number of fused-ring (bicyclic) bond motifs is 1. The first-order valence-corrected chi connectivity index (χ1v) is 10.7. The van der Waals surface area contributed by atoms with Crippen molar-refractivity contribution in [2.24, 2.45) is 0 Å². The van der Waals surface area contributed by atoms with E-state index in [1.165, 1.54) is 17.2 Å². The maximum atomic E-state index is 12.5. The molecule has 0 bridgehead atoms. The van der Waals surface area contributed by atoms with Crippen LogP contribution < -0.4 is 4.72 Å². The molecule has 0 spiro atoms. The van der Waals surface area contributed by atoms with Crippen LogP contribution in [0.25, 0.3) is 11.5 Å². The molecule has 2 aromatic heterocycles. The molecule has 1 aromatic carbocycles. The molecule has 7 nitrogen and oxygen atoms in total. The summed E-state index contributed by atoms with van der Waals surface area (Å²) in [4.78, 5) is 2.25. The second-order valence-corrected chi connectivity index (χ2v) is 8.73. The molecule has 0 amide bonds. The number of benzene rings is 1. The van der Waals surface area contributed by atoms with Crippen molar-refractivity contribution >= 4 is 10.0 Å². The van der Waals surface area contributed by atoms with Gasteiger partial charge in [-0.05, 0) is 43.5 Å². The van der Waals surface area contributed by atoms with Gasteiger partial charge in [0, 0.05) is 31.7 Å². The first-order valence-electron chi connectivity index (χ1n) is 9.26. The number of aryl methyl sites for hydroxylation is 1. The van der Waals surface area contributed by atoms with Gasteiger partial charge >= 0.3 is 0 Å². The lowest BCUT2D eigenvalue weighted by Gasteiger charge is -2.28. The summed E-state index contributed by atoms with van der Waals surface area (Å²) in [7, 11) is -3.72. The van der Waals surface area contributed by atoms with E-state index < -0.39 is 10.0 Å². The molecular formula is C20H23N3O4S. The van der Waals surface area contributed by atoms with Crippen molar-refractivity contribution in [3.8, 4) is 11.5 Å². The Labute approximate surface area is 164 Å². The average molecular weight is 401 g/mol. The topological polar surface area (TPSA) is 88.6 Å². The van der Waals surface area contributed by atoms with E-state index in [1.807, 2.05) is 19.9 Å². The van der Waals surface area contributed by atoms with Crippen LogP contribution in [0.1, 0.15) is 22.4 Å². The van der Waals surface area contributed by atoms with E-state index in [1.54, 1.807) is 6.07 Å². The molecule has 3 heterocycles. The van der Waals surface area contributed by atoms with E-state index >= 15 is 0 Å². The molecule has 0 saturated heterocycles. The van der Waals surface area contributed by atoms with Gasteiger partial charge in [-0.15, -0.1) is 0 Å². The molecule has 8 heteroatoms. The van der Waals surface area contributed by atoms with Crippen LogP contribution in [0.15, 0.2) is 50.4 Å². The Hall–Kier alpha value is -2.42. The van der Waals surface area contributed by atoms with E-state index in [9.17, 15) is 8.42 Å². The lowest BCUT2D eigenvalue weighted by molar-refractivity contribution is 0.258. The number of hydrogen-bond donors (Lipinski definition) is 1. The lowest BCUT2D eigenvalue weighted by atomic mass is 10.0. The second-order valence-electron chi connectivity index (χ2n) is 7.03. The molecule has 0 fully saturated rings. The van der Waals surface area contributed by atoms with Gasteiger partial charge < -0.3 is 8.94 Å². The van der Waals surface area contributed by atoms with Crippen LogP contribution in [-0.2, 0) is 23.0 Å². The van der Waals surface area contributed by atoms with Gasteiger partial charge in [-0.3, -0.25) is 4.90 Å². The van der Waals surface area contributed by atoms with Crippen molar-refractivity contribution in [3.63, 3.8) is 0 Å². The van der Waals surface area contributed by atoms with Crippen molar-refractivity contribution < 1.29 is 17.4 Å². The highest BCUT2D eigenvalue weighted by Gasteiger charge is 2.22. The first-order chi connectivity index (χ1) is 13.4. The highest BCUT2D eigenvalue weighted by Crippen LogP contribution is 2.28. The third-order valence-corrected chi connectivity index (χ3v) is 6.49. The van der Waals surface area contributed by atoms with Gasteiger partial charge in [0.05, 0.1) is 5.69 Å². The molecule has 1 aliphatic rings. The van der Waals surface area contributed by atoms with Crippen LogP contribution in [-0.4, -0.2) is 38.1 Å².